The molecule has 0 amide bonds. The van der Waals surface area contributed by atoms with E-state index in [1.165, 1.54) is 71.6 Å². The third kappa shape index (κ3) is 4.49. The summed E-state index contributed by atoms with van der Waals surface area (Å²) in [4.78, 5) is 2.43. The highest BCUT2D eigenvalue weighted by molar-refractivity contribution is 6.20. The Bertz CT molecular complexity index is 3350. The zero-order chi connectivity index (χ0) is 38.9. The van der Waals surface area contributed by atoms with Crippen molar-refractivity contribution in [1.82, 2.24) is 0 Å². The predicted molar refractivity (Wildman–Crippen MR) is 244 cm³/mol. The molecular weight excluding hydrogens is 703 g/mol. The fourth-order valence-electron chi connectivity index (χ4n) is 10.5. The van der Waals surface area contributed by atoms with E-state index < -0.39 is 0 Å². The highest BCUT2D eigenvalue weighted by atomic mass is 16.3. The van der Waals surface area contributed by atoms with Crippen LogP contribution in [0.25, 0.3) is 76.9 Å². The summed E-state index contributed by atoms with van der Waals surface area (Å²) in [7, 11) is 0. The molecule has 0 saturated carbocycles. The smallest absolute Gasteiger partial charge is 0.159 e. The van der Waals surface area contributed by atoms with E-state index >= 15 is 0 Å². The number of anilines is 3. The summed E-state index contributed by atoms with van der Waals surface area (Å²) in [5.41, 5.74) is 17.8. The van der Waals surface area contributed by atoms with Crippen LogP contribution in [0, 0.1) is 0 Å². The predicted octanol–water partition coefficient (Wildman–Crippen LogP) is 15.6. The minimum absolute atomic E-state index is 0.114. The Balaban J connectivity index is 1.13. The largest absolute Gasteiger partial charge is 0.453 e. The Hall–Kier alpha value is -6.90. The molecule has 276 valence electrons. The third-order valence-corrected chi connectivity index (χ3v) is 13.4. The van der Waals surface area contributed by atoms with Crippen molar-refractivity contribution in [3.8, 4) is 33.4 Å². The van der Waals surface area contributed by atoms with Crippen LogP contribution < -0.4 is 4.90 Å². The van der Waals surface area contributed by atoms with Gasteiger partial charge in [0.15, 0.2) is 5.58 Å². The van der Waals surface area contributed by atoms with Gasteiger partial charge >= 0.3 is 0 Å². The molecular formula is C56H41NO. The summed E-state index contributed by atoms with van der Waals surface area (Å²) in [6, 6.07) is 64.9. The first-order valence-electron chi connectivity index (χ1n) is 20.4. The van der Waals surface area contributed by atoms with Crippen molar-refractivity contribution in [2.45, 2.75) is 38.5 Å². The molecule has 58 heavy (non-hydrogen) atoms. The number of furan rings is 1. The van der Waals surface area contributed by atoms with Crippen molar-refractivity contribution in [3.05, 3.63) is 198 Å². The molecule has 0 radical (unpaired) electrons. The van der Waals surface area contributed by atoms with Crippen molar-refractivity contribution in [2.24, 2.45) is 0 Å². The minimum Gasteiger partial charge on any atom is -0.453 e. The molecule has 0 fully saturated rings. The SMILES string of the molecule is CC1(C)c2ccccc2-c2ccc(-c3c4ccccc4cc4c3oc3c(N(c5ccc6c(c5)C(C)(C)c5ccccc5-6)c5cccc6ccccc56)cccc34)cc21. The number of hydrogen-bond donors (Lipinski definition) is 0. The average molecular weight is 744 g/mol. The summed E-state index contributed by atoms with van der Waals surface area (Å²) in [5, 5.41) is 7.01. The molecule has 0 N–H and O–H groups in total. The van der Waals surface area contributed by atoms with E-state index in [1.54, 1.807) is 0 Å². The van der Waals surface area contributed by atoms with Crippen molar-refractivity contribution >= 4 is 60.5 Å². The van der Waals surface area contributed by atoms with E-state index in [1.807, 2.05) is 0 Å². The molecule has 2 aliphatic carbocycles. The van der Waals surface area contributed by atoms with Crippen LogP contribution in [-0.4, -0.2) is 0 Å². The van der Waals surface area contributed by atoms with E-state index in [9.17, 15) is 0 Å². The van der Waals surface area contributed by atoms with Gasteiger partial charge in [0.2, 0.25) is 0 Å². The van der Waals surface area contributed by atoms with Crippen LogP contribution in [0.1, 0.15) is 49.9 Å². The lowest BCUT2D eigenvalue weighted by molar-refractivity contribution is 0.660. The summed E-state index contributed by atoms with van der Waals surface area (Å²) in [6.07, 6.45) is 0. The van der Waals surface area contributed by atoms with E-state index in [-0.39, 0.29) is 10.8 Å². The number of rotatable bonds is 4. The number of para-hydroxylation sites is 1. The number of nitrogens with zero attached hydrogens (tertiary/aromatic N) is 1. The first-order chi connectivity index (χ1) is 28.3. The second kappa shape index (κ2) is 11.8. The normalized spacial score (nSPS) is 14.5. The molecule has 0 saturated heterocycles. The number of hydrogen-bond acceptors (Lipinski definition) is 2. The van der Waals surface area contributed by atoms with E-state index in [0.29, 0.717) is 0 Å². The van der Waals surface area contributed by atoms with Gasteiger partial charge in [-0.2, -0.15) is 0 Å². The van der Waals surface area contributed by atoms with Gasteiger partial charge in [-0.15, -0.1) is 0 Å². The fourth-order valence-corrected chi connectivity index (χ4v) is 10.5. The van der Waals surface area contributed by atoms with Crippen LogP contribution in [0.3, 0.4) is 0 Å². The van der Waals surface area contributed by atoms with Crippen LogP contribution in [-0.2, 0) is 10.8 Å². The number of benzene rings is 9. The molecule has 1 aromatic heterocycles. The van der Waals surface area contributed by atoms with Gasteiger partial charge in [0.1, 0.15) is 5.58 Å². The van der Waals surface area contributed by atoms with Crippen LogP contribution in [0.4, 0.5) is 17.1 Å². The monoisotopic (exact) mass is 743 g/mol. The topological polar surface area (TPSA) is 16.4 Å². The quantitative estimate of drug-likeness (QED) is 0.178. The second-order valence-electron chi connectivity index (χ2n) is 17.3. The Labute approximate surface area is 338 Å². The van der Waals surface area contributed by atoms with Gasteiger partial charge in [0, 0.05) is 38.2 Å². The summed E-state index contributed by atoms with van der Waals surface area (Å²) in [5.74, 6) is 0. The number of fused-ring (bicyclic) bond motifs is 11. The molecule has 2 aliphatic rings. The molecule has 10 aromatic rings. The molecule has 2 heteroatoms. The lowest BCUT2D eigenvalue weighted by Gasteiger charge is -2.29. The summed E-state index contributed by atoms with van der Waals surface area (Å²) in [6.45, 7) is 9.42. The van der Waals surface area contributed by atoms with E-state index in [0.717, 1.165) is 44.6 Å². The van der Waals surface area contributed by atoms with Gasteiger partial charge in [0.05, 0.1) is 11.4 Å². The second-order valence-corrected chi connectivity index (χ2v) is 17.3. The molecule has 0 unspecified atom stereocenters. The van der Waals surface area contributed by atoms with Gasteiger partial charge in [-0.1, -0.05) is 167 Å². The Morgan fingerprint density at radius 1 is 0.379 bits per heavy atom. The standard InChI is InChI=1S/C56H41NO/c1-55(2)46-23-11-9-20-40(46)42-29-27-36(32-48(42)55)52-39-19-8-6-16-35(39)31-45-44-22-14-26-51(53(44)58-54(45)52)57(50-25-13-17-34-15-5-7-18-38(34)50)37-28-30-43-41-21-10-12-24-47(41)56(3,4)49(43)33-37/h5-33H,1-4H3. The first-order valence-corrected chi connectivity index (χ1v) is 20.4. The Kier molecular flexibility index (Phi) is 6.78. The van der Waals surface area contributed by atoms with E-state index in [4.69, 9.17) is 4.42 Å². The molecule has 0 aliphatic heterocycles. The minimum atomic E-state index is -0.140. The lowest BCUT2D eigenvalue weighted by Crippen LogP contribution is -2.16. The average Bonchev–Trinajstić information content (AvgIpc) is 3.82. The van der Waals surface area contributed by atoms with Gasteiger partial charge in [0.25, 0.3) is 0 Å². The summed E-state index contributed by atoms with van der Waals surface area (Å²) < 4.78 is 7.39. The van der Waals surface area contributed by atoms with Gasteiger partial charge in [-0.3, -0.25) is 0 Å². The molecule has 0 spiro atoms. The fraction of sp³-hybridized carbons (Fsp3) is 0.107. The van der Waals surface area contributed by atoms with Crippen LogP contribution in [0.2, 0.25) is 0 Å². The Morgan fingerprint density at radius 2 is 0.931 bits per heavy atom. The zero-order valence-electron chi connectivity index (χ0n) is 33.1. The van der Waals surface area contributed by atoms with Gasteiger partial charge in [-0.25, -0.2) is 0 Å². The highest BCUT2D eigenvalue weighted by Gasteiger charge is 2.37. The van der Waals surface area contributed by atoms with Crippen molar-refractivity contribution in [2.75, 3.05) is 4.90 Å². The molecule has 9 aromatic carbocycles. The first kappa shape index (κ1) is 33.3. The lowest BCUT2D eigenvalue weighted by atomic mass is 9.81. The van der Waals surface area contributed by atoms with Crippen molar-refractivity contribution in [3.63, 3.8) is 0 Å². The van der Waals surface area contributed by atoms with Gasteiger partial charge < -0.3 is 9.32 Å². The highest BCUT2D eigenvalue weighted by Crippen LogP contribution is 2.54. The third-order valence-electron chi connectivity index (χ3n) is 13.4. The van der Waals surface area contributed by atoms with E-state index in [2.05, 4.69) is 209 Å². The Morgan fingerprint density at radius 3 is 1.69 bits per heavy atom. The molecule has 1 heterocycles. The van der Waals surface area contributed by atoms with Crippen molar-refractivity contribution in [1.29, 1.82) is 0 Å². The van der Waals surface area contributed by atoms with Crippen LogP contribution in [0.15, 0.2) is 180 Å². The summed E-state index contributed by atoms with van der Waals surface area (Å²) >= 11 is 0. The van der Waals surface area contributed by atoms with Crippen LogP contribution >= 0.6 is 0 Å². The van der Waals surface area contributed by atoms with Gasteiger partial charge in [-0.05, 0) is 103 Å². The maximum atomic E-state index is 7.39. The molecule has 2 nitrogen and oxygen atoms in total. The molecule has 0 atom stereocenters. The zero-order valence-corrected chi connectivity index (χ0v) is 33.1. The maximum absolute atomic E-state index is 7.39. The maximum Gasteiger partial charge on any atom is 0.159 e. The van der Waals surface area contributed by atoms with Crippen LogP contribution in [0.5, 0.6) is 0 Å². The van der Waals surface area contributed by atoms with Crippen molar-refractivity contribution < 1.29 is 4.42 Å². The molecule has 12 rings (SSSR count). The molecule has 0 bridgehead atoms.